The minimum absolute atomic E-state index is 0.191. The van der Waals surface area contributed by atoms with Gasteiger partial charge >= 0.3 is 5.69 Å². The number of aromatic amines is 1. The van der Waals surface area contributed by atoms with Gasteiger partial charge < -0.3 is 5.32 Å². The number of aromatic nitrogens is 3. The minimum Gasteiger partial charge on any atom is -0.310 e. The van der Waals surface area contributed by atoms with Crippen molar-refractivity contribution in [2.75, 3.05) is 0 Å². The Morgan fingerprint density at radius 1 is 1.48 bits per heavy atom. The number of hydrogen-bond acceptors (Lipinski definition) is 4. The molecule has 0 aliphatic rings. The van der Waals surface area contributed by atoms with Gasteiger partial charge in [0.2, 0.25) is 0 Å². The Labute approximate surface area is 133 Å². The molecule has 0 spiro atoms. The lowest BCUT2D eigenvalue weighted by molar-refractivity contribution is 0.584. The molecule has 0 fully saturated rings. The summed E-state index contributed by atoms with van der Waals surface area (Å²) in [5.41, 5.74) is 0.833. The molecule has 7 heteroatoms. The van der Waals surface area contributed by atoms with Gasteiger partial charge in [0.05, 0.1) is 0 Å². The van der Waals surface area contributed by atoms with E-state index in [2.05, 4.69) is 29.4 Å². The molecule has 1 aromatic heterocycles. The first-order valence-corrected chi connectivity index (χ1v) is 8.06. The molecular formula is C14H19ClN4OS. The molecule has 0 atom stereocenters. The molecule has 2 rings (SSSR count). The second-order valence-corrected chi connectivity index (χ2v) is 6.33. The SMILES string of the molecule is CCn1c(Sc2cccc(Cl)c2CNC(C)C)n[nH]c1=O. The zero-order valence-corrected chi connectivity index (χ0v) is 13.9. The predicted octanol–water partition coefficient (Wildman–Crippen LogP) is 2.89. The molecule has 2 N–H and O–H groups in total. The third-order valence-electron chi connectivity index (χ3n) is 3.00. The highest BCUT2D eigenvalue weighted by Gasteiger charge is 2.13. The highest BCUT2D eigenvalue weighted by atomic mass is 35.5. The summed E-state index contributed by atoms with van der Waals surface area (Å²) in [5.74, 6) is 0. The lowest BCUT2D eigenvalue weighted by Gasteiger charge is -2.13. The minimum atomic E-state index is -0.191. The average molecular weight is 327 g/mol. The van der Waals surface area contributed by atoms with E-state index < -0.39 is 0 Å². The van der Waals surface area contributed by atoms with E-state index in [1.807, 2.05) is 25.1 Å². The van der Waals surface area contributed by atoms with Gasteiger partial charge in [0, 0.05) is 29.0 Å². The summed E-state index contributed by atoms with van der Waals surface area (Å²) in [5, 5.41) is 11.3. The normalized spacial score (nSPS) is 11.3. The summed E-state index contributed by atoms with van der Waals surface area (Å²) >= 11 is 7.76. The van der Waals surface area contributed by atoms with Crippen LogP contribution in [0.5, 0.6) is 0 Å². The zero-order chi connectivity index (χ0) is 15.4. The second kappa shape index (κ2) is 7.15. The maximum atomic E-state index is 11.6. The Morgan fingerprint density at radius 2 is 2.24 bits per heavy atom. The molecule has 0 aliphatic carbocycles. The van der Waals surface area contributed by atoms with Crippen LogP contribution in [0.2, 0.25) is 5.02 Å². The van der Waals surface area contributed by atoms with E-state index in [1.165, 1.54) is 11.8 Å². The molecule has 5 nitrogen and oxygen atoms in total. The zero-order valence-electron chi connectivity index (χ0n) is 12.3. The van der Waals surface area contributed by atoms with Crippen LogP contribution >= 0.6 is 23.4 Å². The van der Waals surface area contributed by atoms with E-state index in [0.717, 1.165) is 10.5 Å². The number of hydrogen-bond donors (Lipinski definition) is 2. The van der Waals surface area contributed by atoms with E-state index in [9.17, 15) is 4.79 Å². The lowest BCUT2D eigenvalue weighted by Crippen LogP contribution is -2.22. The third kappa shape index (κ3) is 3.90. The molecular weight excluding hydrogens is 308 g/mol. The lowest BCUT2D eigenvalue weighted by atomic mass is 10.2. The largest absolute Gasteiger partial charge is 0.343 e. The Bertz CT molecular complexity index is 665. The van der Waals surface area contributed by atoms with Crippen LogP contribution in [0, 0.1) is 0 Å². The van der Waals surface area contributed by atoms with Crippen molar-refractivity contribution in [1.82, 2.24) is 20.1 Å². The van der Waals surface area contributed by atoms with Gasteiger partial charge in [0.1, 0.15) is 0 Å². The van der Waals surface area contributed by atoms with Gasteiger partial charge in [-0.3, -0.25) is 4.57 Å². The summed E-state index contributed by atoms with van der Waals surface area (Å²) < 4.78 is 1.60. The van der Waals surface area contributed by atoms with Crippen molar-refractivity contribution in [2.24, 2.45) is 0 Å². The maximum absolute atomic E-state index is 11.6. The van der Waals surface area contributed by atoms with Crippen LogP contribution in [-0.2, 0) is 13.1 Å². The Kier molecular flexibility index (Phi) is 5.50. The van der Waals surface area contributed by atoms with Crippen LogP contribution in [0.4, 0.5) is 0 Å². The van der Waals surface area contributed by atoms with Gasteiger partial charge in [-0.15, -0.1) is 5.10 Å². The topological polar surface area (TPSA) is 62.7 Å². The summed E-state index contributed by atoms with van der Waals surface area (Å²) in [4.78, 5) is 12.6. The second-order valence-electron chi connectivity index (χ2n) is 4.91. The van der Waals surface area contributed by atoms with Gasteiger partial charge in [-0.1, -0.05) is 31.5 Å². The quantitative estimate of drug-likeness (QED) is 0.856. The van der Waals surface area contributed by atoms with E-state index >= 15 is 0 Å². The first-order chi connectivity index (χ1) is 10.0. The molecule has 0 bridgehead atoms. The predicted molar refractivity (Wildman–Crippen MR) is 86.1 cm³/mol. The first-order valence-electron chi connectivity index (χ1n) is 6.86. The average Bonchev–Trinajstić information content (AvgIpc) is 2.78. The summed E-state index contributed by atoms with van der Waals surface area (Å²) in [6.07, 6.45) is 0. The van der Waals surface area contributed by atoms with Crippen LogP contribution in [-0.4, -0.2) is 20.8 Å². The Hall–Kier alpha value is -1.24. The number of nitrogens with one attached hydrogen (secondary N) is 2. The van der Waals surface area contributed by atoms with Crippen LogP contribution in [0.1, 0.15) is 26.3 Å². The summed E-state index contributed by atoms with van der Waals surface area (Å²) in [6.45, 7) is 7.36. The Morgan fingerprint density at radius 3 is 2.90 bits per heavy atom. The fourth-order valence-electron chi connectivity index (χ4n) is 1.87. The number of halogens is 1. The third-order valence-corrected chi connectivity index (χ3v) is 4.45. The van der Waals surface area contributed by atoms with Crippen LogP contribution in [0.3, 0.4) is 0 Å². The fourth-order valence-corrected chi connectivity index (χ4v) is 3.23. The van der Waals surface area contributed by atoms with Crippen molar-refractivity contribution < 1.29 is 0 Å². The van der Waals surface area contributed by atoms with Gasteiger partial charge in [-0.05, 0) is 36.4 Å². The number of nitrogens with zero attached hydrogens (tertiary/aromatic N) is 2. The van der Waals surface area contributed by atoms with E-state index in [-0.39, 0.29) is 5.69 Å². The molecule has 0 amide bonds. The number of H-pyrrole nitrogens is 1. The van der Waals surface area contributed by atoms with Crippen molar-refractivity contribution >= 4 is 23.4 Å². The molecule has 0 unspecified atom stereocenters. The molecule has 114 valence electrons. The first kappa shape index (κ1) is 16.1. The highest BCUT2D eigenvalue weighted by molar-refractivity contribution is 7.99. The van der Waals surface area contributed by atoms with E-state index in [0.29, 0.717) is 29.3 Å². The van der Waals surface area contributed by atoms with Gasteiger partial charge in [-0.2, -0.15) is 0 Å². The Balaban J connectivity index is 2.31. The summed E-state index contributed by atoms with van der Waals surface area (Å²) in [7, 11) is 0. The van der Waals surface area contributed by atoms with Crippen molar-refractivity contribution in [3.05, 3.63) is 39.3 Å². The van der Waals surface area contributed by atoms with Gasteiger partial charge in [-0.25, -0.2) is 9.89 Å². The maximum Gasteiger partial charge on any atom is 0.343 e. The van der Waals surface area contributed by atoms with Gasteiger partial charge in [0.25, 0.3) is 0 Å². The van der Waals surface area contributed by atoms with Crippen molar-refractivity contribution in [2.45, 2.75) is 50.0 Å². The van der Waals surface area contributed by atoms with Crippen LogP contribution < -0.4 is 11.0 Å². The molecule has 0 radical (unpaired) electrons. The molecule has 21 heavy (non-hydrogen) atoms. The molecule has 0 saturated heterocycles. The molecule has 2 aromatic rings. The molecule has 0 saturated carbocycles. The van der Waals surface area contributed by atoms with Gasteiger partial charge in [0.15, 0.2) is 5.16 Å². The molecule has 1 heterocycles. The monoisotopic (exact) mass is 326 g/mol. The highest BCUT2D eigenvalue weighted by Crippen LogP contribution is 2.32. The van der Waals surface area contributed by atoms with Crippen molar-refractivity contribution in [3.63, 3.8) is 0 Å². The number of rotatable bonds is 6. The van der Waals surface area contributed by atoms with E-state index in [4.69, 9.17) is 11.6 Å². The molecule has 0 aliphatic heterocycles. The fraction of sp³-hybridized carbons (Fsp3) is 0.429. The standard InChI is InChI=1S/C14H19ClN4OS/c1-4-19-13(20)17-18-14(19)21-12-7-5-6-11(15)10(12)8-16-9(2)3/h5-7,9,16H,4,8H2,1-3H3,(H,17,20). The summed E-state index contributed by atoms with van der Waals surface area (Å²) in [6, 6.07) is 6.15. The van der Waals surface area contributed by atoms with E-state index in [1.54, 1.807) is 4.57 Å². The van der Waals surface area contributed by atoms with Crippen molar-refractivity contribution in [3.8, 4) is 0 Å². The number of benzene rings is 1. The smallest absolute Gasteiger partial charge is 0.310 e. The van der Waals surface area contributed by atoms with Crippen molar-refractivity contribution in [1.29, 1.82) is 0 Å². The van der Waals surface area contributed by atoms with Crippen LogP contribution in [0.15, 0.2) is 33.0 Å². The van der Waals surface area contributed by atoms with Crippen LogP contribution in [0.25, 0.3) is 0 Å². The molecule has 1 aromatic carbocycles.